The number of amides is 3. The van der Waals surface area contributed by atoms with Crippen molar-refractivity contribution < 1.29 is 37.8 Å². The van der Waals surface area contributed by atoms with Crippen LogP contribution in [0, 0.1) is 20.8 Å². The molecule has 6 aromatic rings. The lowest BCUT2D eigenvalue weighted by atomic mass is 10.1. The molecule has 6 rings (SSSR count). The number of aliphatic hydroxyl groups is 1. The lowest BCUT2D eigenvalue weighted by Crippen LogP contribution is -2.17. The predicted octanol–water partition coefficient (Wildman–Crippen LogP) is 5.04. The molecule has 0 spiro atoms. The summed E-state index contributed by atoms with van der Waals surface area (Å²) in [6.07, 6.45) is 5.11. The lowest BCUT2D eigenvalue weighted by Gasteiger charge is -2.13. The van der Waals surface area contributed by atoms with Crippen molar-refractivity contribution in [3.63, 3.8) is 0 Å². The Morgan fingerprint density at radius 2 is 1.33 bits per heavy atom. The van der Waals surface area contributed by atoms with Crippen molar-refractivity contribution in [1.82, 2.24) is 29.1 Å². The zero-order valence-corrected chi connectivity index (χ0v) is 31.5. The van der Waals surface area contributed by atoms with E-state index in [0.717, 1.165) is 5.56 Å². The van der Waals surface area contributed by atoms with Gasteiger partial charge in [0.1, 0.15) is 22.5 Å². The number of anilines is 2. The van der Waals surface area contributed by atoms with Crippen LogP contribution in [-0.4, -0.2) is 72.2 Å². The van der Waals surface area contributed by atoms with Gasteiger partial charge in [0.25, 0.3) is 11.8 Å². The molecule has 5 N–H and O–H groups in total. The third kappa shape index (κ3) is 7.91. The first-order valence-corrected chi connectivity index (χ1v) is 17.8. The SMILES string of the molecule is CCc1nc(C)oc1C(=O)Nc1nc2cc(C(N)=O)cc(OC)c2n1C/C=C/Cn1c(NC(=O)c2oc(C)nc2CC)nc2cc(C)cc(OCCCO)c21. The van der Waals surface area contributed by atoms with Crippen LogP contribution in [0.1, 0.15) is 80.5 Å². The molecule has 0 bridgehead atoms. The van der Waals surface area contributed by atoms with Gasteiger partial charge in [-0.05, 0) is 49.6 Å². The Kier molecular flexibility index (Phi) is 11.3. The van der Waals surface area contributed by atoms with Crippen LogP contribution in [0.4, 0.5) is 11.9 Å². The molecule has 0 atom stereocenters. The molecule has 4 heterocycles. The Morgan fingerprint density at radius 1 is 0.800 bits per heavy atom. The minimum absolute atomic E-state index is 0.0353. The molecule has 0 unspecified atom stereocenters. The number of rotatable bonds is 16. The van der Waals surface area contributed by atoms with E-state index in [2.05, 4.69) is 25.6 Å². The number of nitrogens with zero attached hydrogens (tertiary/aromatic N) is 6. The number of carbonyl (C=O) groups excluding carboxylic acids is 3. The summed E-state index contributed by atoms with van der Waals surface area (Å²) in [5.41, 5.74) is 9.78. The number of allylic oxidation sites excluding steroid dienone is 2. The van der Waals surface area contributed by atoms with Gasteiger partial charge in [0.15, 0.2) is 11.8 Å². The number of oxazole rings is 2. The smallest absolute Gasteiger partial charge is 0.295 e. The Bertz CT molecular complexity index is 2430. The fourth-order valence-electron chi connectivity index (χ4n) is 6.25. The molecule has 0 saturated carbocycles. The van der Waals surface area contributed by atoms with Gasteiger partial charge >= 0.3 is 0 Å². The molecule has 0 fully saturated rings. The van der Waals surface area contributed by atoms with E-state index in [-0.39, 0.29) is 55.3 Å². The summed E-state index contributed by atoms with van der Waals surface area (Å²) in [5, 5.41) is 15.1. The molecule has 17 heteroatoms. The first-order chi connectivity index (χ1) is 26.5. The van der Waals surface area contributed by atoms with Crippen molar-refractivity contribution in [3.8, 4) is 11.5 Å². The minimum atomic E-state index is -0.667. The van der Waals surface area contributed by atoms with Gasteiger partial charge in [-0.15, -0.1) is 0 Å². The highest BCUT2D eigenvalue weighted by molar-refractivity contribution is 6.04. The molecule has 4 aromatic heterocycles. The largest absolute Gasteiger partial charge is 0.494 e. The molecule has 0 aliphatic rings. The van der Waals surface area contributed by atoms with Crippen LogP contribution < -0.4 is 25.8 Å². The number of aliphatic hydroxyl groups excluding tert-OH is 1. The number of nitrogens with one attached hydrogen (secondary N) is 2. The van der Waals surface area contributed by atoms with Crippen LogP contribution in [0.5, 0.6) is 11.5 Å². The van der Waals surface area contributed by atoms with Crippen molar-refractivity contribution in [1.29, 1.82) is 0 Å². The van der Waals surface area contributed by atoms with E-state index in [1.807, 2.05) is 45.1 Å². The highest BCUT2D eigenvalue weighted by Crippen LogP contribution is 2.33. The van der Waals surface area contributed by atoms with Gasteiger partial charge in [0.05, 0.1) is 36.1 Å². The van der Waals surface area contributed by atoms with Crippen molar-refractivity contribution in [2.45, 2.75) is 67.0 Å². The Labute approximate surface area is 315 Å². The van der Waals surface area contributed by atoms with Gasteiger partial charge in [0.2, 0.25) is 29.3 Å². The normalized spacial score (nSPS) is 11.5. The molecule has 17 nitrogen and oxygen atoms in total. The number of aryl methyl sites for hydroxylation is 5. The maximum Gasteiger partial charge on any atom is 0.295 e. The molecule has 288 valence electrons. The third-order valence-electron chi connectivity index (χ3n) is 8.71. The summed E-state index contributed by atoms with van der Waals surface area (Å²) in [6, 6.07) is 6.81. The zero-order chi connectivity index (χ0) is 39.4. The van der Waals surface area contributed by atoms with Crippen LogP contribution in [0.3, 0.4) is 0 Å². The van der Waals surface area contributed by atoms with E-state index in [9.17, 15) is 19.5 Å². The van der Waals surface area contributed by atoms with E-state index in [0.29, 0.717) is 76.0 Å². The average Bonchev–Trinajstić information content (AvgIpc) is 3.91. The highest BCUT2D eigenvalue weighted by Gasteiger charge is 2.25. The number of nitrogens with two attached hydrogens (primary N) is 1. The molecule has 0 radical (unpaired) electrons. The molecular formula is C38H43N9O8. The van der Waals surface area contributed by atoms with Crippen molar-refractivity contribution in [2.75, 3.05) is 31.0 Å². The van der Waals surface area contributed by atoms with E-state index in [1.165, 1.54) is 19.2 Å². The fourth-order valence-corrected chi connectivity index (χ4v) is 6.25. The lowest BCUT2D eigenvalue weighted by molar-refractivity contribution is 0.0985. The van der Waals surface area contributed by atoms with Crippen molar-refractivity contribution in [3.05, 3.63) is 82.2 Å². The summed E-state index contributed by atoms with van der Waals surface area (Å²) >= 11 is 0. The van der Waals surface area contributed by atoms with Crippen LogP contribution in [0.15, 0.2) is 45.3 Å². The molecule has 0 aliphatic carbocycles. The van der Waals surface area contributed by atoms with Crippen LogP contribution in [0.25, 0.3) is 22.1 Å². The summed E-state index contributed by atoms with van der Waals surface area (Å²) in [6.45, 7) is 9.64. The second-order valence-electron chi connectivity index (χ2n) is 12.7. The average molecular weight is 754 g/mol. The summed E-state index contributed by atoms with van der Waals surface area (Å²) < 4.78 is 26.6. The second kappa shape index (κ2) is 16.3. The number of carbonyl (C=O) groups is 3. The summed E-state index contributed by atoms with van der Waals surface area (Å²) in [7, 11) is 1.46. The van der Waals surface area contributed by atoms with Crippen molar-refractivity contribution in [2.24, 2.45) is 5.73 Å². The van der Waals surface area contributed by atoms with Gasteiger partial charge in [-0.2, -0.15) is 0 Å². The van der Waals surface area contributed by atoms with Crippen LogP contribution >= 0.6 is 0 Å². The number of ether oxygens (including phenoxy) is 2. The van der Waals surface area contributed by atoms with E-state index < -0.39 is 17.7 Å². The molecule has 3 amide bonds. The summed E-state index contributed by atoms with van der Waals surface area (Å²) in [4.78, 5) is 57.2. The first kappa shape index (κ1) is 38.2. The number of fused-ring (bicyclic) bond motifs is 2. The standard InChI is InChI=1S/C38H43N9O8/c1-7-24-32(54-21(4)40-24)35(50)44-37-42-26-16-20(3)17-29(53-15-11-14-48)31(26)47(37)13-10-9-12-46-30-27(18-23(34(39)49)19-28(30)52-6)43-38(46)45-36(51)33-25(8-2)41-22(5)55-33/h9-10,16-19,48H,7-8,11-15H2,1-6H3,(H2,39,49)(H,42,44,50)(H,43,45,51)/b10-9+. The van der Waals surface area contributed by atoms with Gasteiger partial charge < -0.3 is 38.3 Å². The Morgan fingerprint density at radius 3 is 1.82 bits per heavy atom. The zero-order valence-electron chi connectivity index (χ0n) is 31.5. The Balaban J connectivity index is 1.39. The van der Waals surface area contributed by atoms with E-state index >= 15 is 0 Å². The number of primary amides is 1. The van der Waals surface area contributed by atoms with Crippen molar-refractivity contribution >= 4 is 51.7 Å². The van der Waals surface area contributed by atoms with Crippen LogP contribution in [0.2, 0.25) is 0 Å². The maximum absolute atomic E-state index is 13.5. The maximum atomic E-state index is 13.5. The minimum Gasteiger partial charge on any atom is -0.494 e. The summed E-state index contributed by atoms with van der Waals surface area (Å²) in [5.74, 6) is 0.438. The second-order valence-corrected chi connectivity index (χ2v) is 12.7. The third-order valence-corrected chi connectivity index (χ3v) is 8.71. The monoisotopic (exact) mass is 753 g/mol. The molecule has 2 aromatic carbocycles. The number of imidazole rings is 2. The number of aromatic nitrogens is 6. The van der Waals surface area contributed by atoms with Gasteiger partial charge in [-0.1, -0.05) is 26.0 Å². The number of benzene rings is 2. The number of methoxy groups -OCH3 is 1. The highest BCUT2D eigenvalue weighted by atomic mass is 16.5. The quantitative estimate of drug-likeness (QED) is 0.0753. The molecule has 55 heavy (non-hydrogen) atoms. The van der Waals surface area contributed by atoms with E-state index in [4.69, 9.17) is 29.0 Å². The van der Waals surface area contributed by atoms with Crippen LogP contribution in [-0.2, 0) is 25.9 Å². The number of hydrogen-bond donors (Lipinski definition) is 4. The molecule has 0 aliphatic heterocycles. The Hall–Kier alpha value is -6.49. The molecule has 0 saturated heterocycles. The van der Waals surface area contributed by atoms with E-state index in [1.54, 1.807) is 23.0 Å². The van der Waals surface area contributed by atoms with Gasteiger partial charge in [0, 0.05) is 45.5 Å². The fraction of sp³-hybridized carbons (Fsp3) is 0.342. The van der Waals surface area contributed by atoms with Gasteiger partial charge in [-0.25, -0.2) is 19.9 Å². The topological polar surface area (TPSA) is 228 Å². The molecular weight excluding hydrogens is 710 g/mol. The predicted molar refractivity (Wildman–Crippen MR) is 203 cm³/mol. The number of hydrogen-bond acceptors (Lipinski definition) is 12. The first-order valence-electron chi connectivity index (χ1n) is 17.8. The van der Waals surface area contributed by atoms with Gasteiger partial charge in [-0.3, -0.25) is 25.0 Å².